The van der Waals surface area contributed by atoms with Gasteiger partial charge in [0.05, 0.1) is 25.6 Å². The van der Waals surface area contributed by atoms with Crippen LogP contribution in [0.1, 0.15) is 33.1 Å². The van der Waals surface area contributed by atoms with E-state index in [1.165, 1.54) is 19.3 Å². The first kappa shape index (κ1) is 14.8. The van der Waals surface area contributed by atoms with E-state index in [2.05, 4.69) is 19.2 Å². The van der Waals surface area contributed by atoms with Crippen LogP contribution < -0.4 is 20.5 Å². The van der Waals surface area contributed by atoms with E-state index in [0.717, 1.165) is 11.6 Å². The number of anilines is 2. The zero-order valence-corrected chi connectivity index (χ0v) is 12.9. The molecule has 0 amide bonds. The third-order valence-electron chi connectivity index (χ3n) is 4.65. The molecule has 1 aliphatic rings. The molecule has 0 radical (unpaired) electrons. The average molecular weight is 278 g/mol. The molecule has 3 unspecified atom stereocenters. The van der Waals surface area contributed by atoms with Gasteiger partial charge in [-0.2, -0.15) is 0 Å². The summed E-state index contributed by atoms with van der Waals surface area (Å²) in [6.07, 6.45) is 3.75. The number of hydrogen-bond donors (Lipinski definition) is 2. The fraction of sp³-hybridized carbons (Fsp3) is 0.625. The summed E-state index contributed by atoms with van der Waals surface area (Å²) in [5, 5.41) is 3.59. The fourth-order valence-corrected chi connectivity index (χ4v) is 3.25. The molecule has 0 aromatic heterocycles. The first-order valence-corrected chi connectivity index (χ1v) is 7.38. The number of methoxy groups -OCH3 is 2. The number of benzene rings is 1. The normalized spacial score (nSPS) is 25.5. The quantitative estimate of drug-likeness (QED) is 0.809. The van der Waals surface area contributed by atoms with Crippen molar-refractivity contribution >= 4 is 11.4 Å². The van der Waals surface area contributed by atoms with Crippen molar-refractivity contribution in [3.8, 4) is 11.5 Å². The molecule has 0 bridgehead atoms. The van der Waals surface area contributed by atoms with Crippen LogP contribution in [0.15, 0.2) is 12.1 Å². The van der Waals surface area contributed by atoms with E-state index in [1.807, 2.05) is 12.1 Å². The van der Waals surface area contributed by atoms with Crippen LogP contribution in [0, 0.1) is 11.8 Å². The summed E-state index contributed by atoms with van der Waals surface area (Å²) in [6, 6.07) is 4.23. The number of rotatable bonds is 5. The van der Waals surface area contributed by atoms with Gasteiger partial charge in [0, 0.05) is 18.2 Å². The molecule has 1 aliphatic carbocycles. The van der Waals surface area contributed by atoms with Crippen LogP contribution in [0.2, 0.25) is 0 Å². The minimum Gasteiger partial charge on any atom is -0.493 e. The maximum atomic E-state index is 6.11. The van der Waals surface area contributed by atoms with E-state index < -0.39 is 0 Å². The fourth-order valence-electron chi connectivity index (χ4n) is 3.25. The van der Waals surface area contributed by atoms with E-state index in [1.54, 1.807) is 14.2 Å². The SMILES string of the molecule is CCC1CCC(Nc2cc(OC)c(OC)cc2N)C1C. The first-order chi connectivity index (χ1) is 9.60. The largest absolute Gasteiger partial charge is 0.493 e. The van der Waals surface area contributed by atoms with Crippen molar-refractivity contribution in [2.24, 2.45) is 11.8 Å². The zero-order chi connectivity index (χ0) is 14.7. The Bertz CT molecular complexity index is 462. The number of ether oxygens (including phenoxy) is 2. The van der Waals surface area contributed by atoms with Crippen molar-refractivity contribution in [2.45, 2.75) is 39.2 Å². The van der Waals surface area contributed by atoms with Crippen LogP contribution in [0.5, 0.6) is 11.5 Å². The van der Waals surface area contributed by atoms with Crippen LogP contribution in [-0.2, 0) is 0 Å². The Balaban J connectivity index is 2.17. The van der Waals surface area contributed by atoms with Gasteiger partial charge < -0.3 is 20.5 Å². The molecule has 0 heterocycles. The van der Waals surface area contributed by atoms with E-state index in [4.69, 9.17) is 15.2 Å². The Kier molecular flexibility index (Phi) is 4.63. The predicted octanol–water partition coefficient (Wildman–Crippen LogP) is 3.52. The Morgan fingerprint density at radius 3 is 2.40 bits per heavy atom. The summed E-state index contributed by atoms with van der Waals surface area (Å²) in [5.74, 6) is 2.87. The minimum absolute atomic E-state index is 0.486. The van der Waals surface area contributed by atoms with Gasteiger partial charge in [-0.15, -0.1) is 0 Å². The van der Waals surface area contributed by atoms with Gasteiger partial charge in [-0.25, -0.2) is 0 Å². The molecule has 0 saturated heterocycles. The van der Waals surface area contributed by atoms with Gasteiger partial charge >= 0.3 is 0 Å². The molecule has 1 fully saturated rings. The van der Waals surface area contributed by atoms with Gasteiger partial charge in [-0.3, -0.25) is 0 Å². The Morgan fingerprint density at radius 2 is 1.85 bits per heavy atom. The van der Waals surface area contributed by atoms with Gasteiger partial charge in [0.1, 0.15) is 0 Å². The topological polar surface area (TPSA) is 56.5 Å². The second kappa shape index (κ2) is 6.25. The molecular formula is C16H26N2O2. The lowest BCUT2D eigenvalue weighted by Crippen LogP contribution is -2.25. The number of hydrogen-bond acceptors (Lipinski definition) is 4. The van der Waals surface area contributed by atoms with Crippen LogP contribution in [-0.4, -0.2) is 20.3 Å². The molecule has 0 aliphatic heterocycles. The molecule has 1 aromatic rings. The maximum absolute atomic E-state index is 6.11. The van der Waals surface area contributed by atoms with Crippen molar-refractivity contribution in [1.29, 1.82) is 0 Å². The lowest BCUT2D eigenvalue weighted by molar-refractivity contribution is 0.355. The third kappa shape index (κ3) is 2.79. The molecule has 2 rings (SSSR count). The van der Waals surface area contributed by atoms with Crippen molar-refractivity contribution in [3.05, 3.63) is 12.1 Å². The summed E-state index contributed by atoms with van der Waals surface area (Å²) >= 11 is 0. The van der Waals surface area contributed by atoms with Crippen LogP contribution in [0.4, 0.5) is 11.4 Å². The summed E-state index contributed by atoms with van der Waals surface area (Å²) in [5.41, 5.74) is 7.76. The highest BCUT2D eigenvalue weighted by Crippen LogP contribution is 2.39. The molecule has 1 saturated carbocycles. The summed E-state index contributed by atoms with van der Waals surface area (Å²) in [6.45, 7) is 4.60. The van der Waals surface area contributed by atoms with Crippen molar-refractivity contribution in [3.63, 3.8) is 0 Å². The third-order valence-corrected chi connectivity index (χ3v) is 4.65. The second-order valence-corrected chi connectivity index (χ2v) is 5.65. The average Bonchev–Trinajstić information content (AvgIpc) is 2.81. The monoisotopic (exact) mass is 278 g/mol. The smallest absolute Gasteiger partial charge is 0.162 e. The molecule has 112 valence electrons. The van der Waals surface area contributed by atoms with Crippen LogP contribution in [0.25, 0.3) is 0 Å². The molecule has 4 heteroatoms. The zero-order valence-electron chi connectivity index (χ0n) is 12.9. The molecule has 4 nitrogen and oxygen atoms in total. The lowest BCUT2D eigenvalue weighted by Gasteiger charge is -2.23. The highest BCUT2D eigenvalue weighted by molar-refractivity contribution is 5.72. The molecule has 0 spiro atoms. The summed E-state index contributed by atoms with van der Waals surface area (Å²) < 4.78 is 10.6. The maximum Gasteiger partial charge on any atom is 0.162 e. The Hall–Kier alpha value is -1.58. The van der Waals surface area contributed by atoms with Crippen molar-refractivity contribution in [2.75, 3.05) is 25.3 Å². The molecule has 3 N–H and O–H groups in total. The molecule has 1 aromatic carbocycles. The van der Waals surface area contributed by atoms with Crippen molar-refractivity contribution < 1.29 is 9.47 Å². The molecule has 20 heavy (non-hydrogen) atoms. The van der Waals surface area contributed by atoms with E-state index in [-0.39, 0.29) is 0 Å². The first-order valence-electron chi connectivity index (χ1n) is 7.38. The van der Waals surface area contributed by atoms with Crippen LogP contribution >= 0.6 is 0 Å². The lowest BCUT2D eigenvalue weighted by atomic mass is 9.93. The van der Waals surface area contributed by atoms with E-state index in [9.17, 15) is 0 Å². The summed E-state index contributed by atoms with van der Waals surface area (Å²) in [4.78, 5) is 0. The van der Waals surface area contributed by atoms with E-state index >= 15 is 0 Å². The highest BCUT2D eigenvalue weighted by atomic mass is 16.5. The molecular weight excluding hydrogens is 252 g/mol. The van der Waals surface area contributed by atoms with Gasteiger partial charge in [-0.1, -0.05) is 20.3 Å². The van der Waals surface area contributed by atoms with Gasteiger partial charge in [-0.05, 0) is 24.7 Å². The number of nitrogen functional groups attached to an aromatic ring is 1. The van der Waals surface area contributed by atoms with Gasteiger partial charge in [0.15, 0.2) is 11.5 Å². The van der Waals surface area contributed by atoms with Gasteiger partial charge in [0.2, 0.25) is 0 Å². The summed E-state index contributed by atoms with van der Waals surface area (Å²) in [7, 11) is 3.26. The number of nitrogens with one attached hydrogen (secondary N) is 1. The molecule has 3 atom stereocenters. The minimum atomic E-state index is 0.486. The number of nitrogens with two attached hydrogens (primary N) is 1. The standard InChI is InChI=1S/C16H26N2O2/c1-5-11-6-7-13(10(11)2)18-14-9-16(20-4)15(19-3)8-12(14)17/h8-11,13,18H,5-7,17H2,1-4H3. The Labute approximate surface area is 121 Å². The van der Waals surface area contributed by atoms with Crippen LogP contribution in [0.3, 0.4) is 0 Å². The van der Waals surface area contributed by atoms with Crippen molar-refractivity contribution in [1.82, 2.24) is 0 Å². The van der Waals surface area contributed by atoms with Gasteiger partial charge in [0.25, 0.3) is 0 Å². The Morgan fingerprint density at radius 1 is 1.20 bits per heavy atom. The second-order valence-electron chi connectivity index (χ2n) is 5.65. The highest BCUT2D eigenvalue weighted by Gasteiger charge is 2.31. The predicted molar refractivity (Wildman–Crippen MR) is 83.5 cm³/mol. The van der Waals surface area contributed by atoms with E-state index in [0.29, 0.717) is 29.1 Å².